The van der Waals surface area contributed by atoms with Gasteiger partial charge >= 0.3 is 0 Å². The molecule has 0 radical (unpaired) electrons. The number of likely N-dealkylation sites (tertiary alicyclic amines) is 1. The summed E-state index contributed by atoms with van der Waals surface area (Å²) < 4.78 is 12.0. The van der Waals surface area contributed by atoms with Crippen molar-refractivity contribution in [2.45, 2.75) is 44.5 Å². The molecule has 0 aromatic heterocycles. The molecule has 1 N–H and O–H groups in total. The second kappa shape index (κ2) is 6.70. The van der Waals surface area contributed by atoms with Gasteiger partial charge in [-0.15, -0.1) is 0 Å². The smallest absolute Gasteiger partial charge is 0.165 e. The van der Waals surface area contributed by atoms with E-state index in [0.717, 1.165) is 13.2 Å². The molecule has 3 rings (SSSR count). The van der Waals surface area contributed by atoms with Crippen LogP contribution in [0.5, 0.6) is 0 Å². The molecule has 2 aliphatic heterocycles. The topological polar surface area (TPSA) is 22.9 Å². The van der Waals surface area contributed by atoms with Gasteiger partial charge in [0.2, 0.25) is 0 Å². The molecule has 0 spiro atoms. The van der Waals surface area contributed by atoms with Gasteiger partial charge < -0.3 is 14.4 Å². The molecule has 3 heteroatoms. The Morgan fingerprint density at radius 1 is 1.15 bits per heavy atom. The molecular formula is C17H26NO2+. The summed E-state index contributed by atoms with van der Waals surface area (Å²) in [5, 5.41) is 0. The molecule has 3 nitrogen and oxygen atoms in total. The number of nitrogens with one attached hydrogen (secondary N) is 1. The summed E-state index contributed by atoms with van der Waals surface area (Å²) in [7, 11) is 0. The van der Waals surface area contributed by atoms with Gasteiger partial charge in [-0.2, -0.15) is 0 Å². The Bertz CT molecular complexity index is 403. The monoisotopic (exact) mass is 276 g/mol. The maximum Gasteiger partial charge on any atom is 0.165 e. The molecule has 3 atom stereocenters. The Hall–Kier alpha value is -0.900. The lowest BCUT2D eigenvalue weighted by Crippen LogP contribution is -3.13. The van der Waals surface area contributed by atoms with Gasteiger partial charge in [0.05, 0.1) is 19.7 Å². The first-order valence-electron chi connectivity index (χ1n) is 7.98. The standard InChI is InChI=1S/C17H25NO2/c1-14(15-8-4-2-5-9-15)17-19-13-16(20-17)12-18-10-6-3-7-11-18/h2,4-5,8-9,14,16-17H,3,6-7,10-13H2,1H3/p+1/t14-,16+,17-/m1/s1. The number of hydrogen-bond donors (Lipinski definition) is 1. The highest BCUT2D eigenvalue weighted by atomic mass is 16.7. The molecule has 2 fully saturated rings. The van der Waals surface area contributed by atoms with Crippen molar-refractivity contribution in [3.8, 4) is 0 Å². The Morgan fingerprint density at radius 3 is 2.65 bits per heavy atom. The summed E-state index contributed by atoms with van der Waals surface area (Å²) in [5.74, 6) is 0.303. The minimum absolute atomic E-state index is 0.0772. The van der Waals surface area contributed by atoms with Crippen LogP contribution in [0.3, 0.4) is 0 Å². The van der Waals surface area contributed by atoms with Gasteiger partial charge in [0.15, 0.2) is 6.29 Å². The van der Waals surface area contributed by atoms with Crippen LogP contribution in [0.15, 0.2) is 30.3 Å². The van der Waals surface area contributed by atoms with Crippen LogP contribution in [0.4, 0.5) is 0 Å². The van der Waals surface area contributed by atoms with Crippen LogP contribution in [0.1, 0.15) is 37.7 Å². The molecule has 2 saturated heterocycles. The molecule has 0 saturated carbocycles. The number of piperidine rings is 1. The van der Waals surface area contributed by atoms with Crippen molar-refractivity contribution < 1.29 is 14.4 Å². The summed E-state index contributed by atoms with van der Waals surface area (Å²) in [5.41, 5.74) is 1.29. The third-order valence-corrected chi connectivity index (χ3v) is 4.58. The third kappa shape index (κ3) is 3.40. The normalized spacial score (nSPS) is 29.4. The first kappa shape index (κ1) is 14.1. The van der Waals surface area contributed by atoms with Gasteiger partial charge in [-0.05, 0) is 24.8 Å². The summed E-state index contributed by atoms with van der Waals surface area (Å²) in [6.07, 6.45) is 4.34. The molecule has 2 aliphatic rings. The van der Waals surface area contributed by atoms with E-state index in [1.807, 2.05) is 0 Å². The number of quaternary nitrogens is 1. The van der Waals surface area contributed by atoms with Crippen LogP contribution in [-0.2, 0) is 9.47 Å². The highest BCUT2D eigenvalue weighted by Gasteiger charge is 2.33. The average molecular weight is 276 g/mol. The van der Waals surface area contributed by atoms with Crippen LogP contribution in [0, 0.1) is 0 Å². The van der Waals surface area contributed by atoms with Crippen molar-refractivity contribution in [1.29, 1.82) is 0 Å². The summed E-state index contributed by atoms with van der Waals surface area (Å²) in [4.78, 5) is 1.69. The predicted octanol–water partition coefficient (Wildman–Crippen LogP) is 1.60. The maximum atomic E-state index is 6.14. The summed E-state index contributed by atoms with van der Waals surface area (Å²) >= 11 is 0. The molecule has 110 valence electrons. The van der Waals surface area contributed by atoms with E-state index < -0.39 is 0 Å². The summed E-state index contributed by atoms with van der Waals surface area (Å²) in [6, 6.07) is 10.5. The Kier molecular flexibility index (Phi) is 4.71. The van der Waals surface area contributed by atoms with Crippen molar-refractivity contribution in [2.75, 3.05) is 26.2 Å². The molecule has 1 aromatic carbocycles. The number of ether oxygens (including phenoxy) is 2. The summed E-state index contributed by atoms with van der Waals surface area (Å²) in [6.45, 7) is 6.66. The molecule has 0 amide bonds. The first-order chi connectivity index (χ1) is 9.83. The lowest BCUT2D eigenvalue weighted by molar-refractivity contribution is -0.907. The second-order valence-electron chi connectivity index (χ2n) is 6.17. The molecule has 0 unspecified atom stereocenters. The minimum Gasteiger partial charge on any atom is -0.349 e. The van der Waals surface area contributed by atoms with Crippen molar-refractivity contribution in [3.63, 3.8) is 0 Å². The van der Waals surface area contributed by atoms with Crippen molar-refractivity contribution in [1.82, 2.24) is 0 Å². The minimum atomic E-state index is -0.0772. The Morgan fingerprint density at radius 2 is 1.90 bits per heavy atom. The van der Waals surface area contributed by atoms with Crippen molar-refractivity contribution in [3.05, 3.63) is 35.9 Å². The van der Waals surface area contributed by atoms with Crippen LogP contribution in [0.25, 0.3) is 0 Å². The highest BCUT2D eigenvalue weighted by Crippen LogP contribution is 2.26. The first-order valence-corrected chi connectivity index (χ1v) is 7.98. The third-order valence-electron chi connectivity index (χ3n) is 4.58. The van der Waals surface area contributed by atoms with E-state index >= 15 is 0 Å². The van der Waals surface area contributed by atoms with Crippen LogP contribution in [0.2, 0.25) is 0 Å². The molecule has 20 heavy (non-hydrogen) atoms. The van der Waals surface area contributed by atoms with Crippen LogP contribution in [-0.4, -0.2) is 38.6 Å². The zero-order valence-corrected chi connectivity index (χ0v) is 12.4. The zero-order valence-electron chi connectivity index (χ0n) is 12.4. The largest absolute Gasteiger partial charge is 0.349 e. The molecule has 1 aromatic rings. The SMILES string of the molecule is C[C@H](c1ccccc1)[C@@H]1OC[C@H](C[NH+]2CCCCC2)O1. The van der Waals surface area contributed by atoms with E-state index in [0.29, 0.717) is 5.92 Å². The molecule has 2 heterocycles. The fraction of sp³-hybridized carbons (Fsp3) is 0.647. The van der Waals surface area contributed by atoms with E-state index in [2.05, 4.69) is 37.3 Å². The van der Waals surface area contributed by atoms with Crippen molar-refractivity contribution in [2.24, 2.45) is 0 Å². The fourth-order valence-electron chi connectivity index (χ4n) is 3.33. The number of hydrogen-bond acceptors (Lipinski definition) is 2. The van der Waals surface area contributed by atoms with Crippen LogP contribution < -0.4 is 4.90 Å². The van der Waals surface area contributed by atoms with Gasteiger partial charge in [-0.25, -0.2) is 0 Å². The molecule has 0 bridgehead atoms. The average Bonchev–Trinajstić information content (AvgIpc) is 2.97. The van der Waals surface area contributed by atoms with E-state index in [-0.39, 0.29) is 12.4 Å². The van der Waals surface area contributed by atoms with Gasteiger partial charge in [0.25, 0.3) is 0 Å². The molecular weight excluding hydrogens is 250 g/mol. The Balaban J connectivity index is 1.51. The zero-order chi connectivity index (χ0) is 13.8. The van der Waals surface area contributed by atoms with Crippen molar-refractivity contribution >= 4 is 0 Å². The molecule has 0 aliphatic carbocycles. The fourth-order valence-corrected chi connectivity index (χ4v) is 3.33. The number of rotatable bonds is 4. The van der Waals surface area contributed by atoms with E-state index in [9.17, 15) is 0 Å². The highest BCUT2D eigenvalue weighted by molar-refractivity contribution is 5.19. The lowest BCUT2D eigenvalue weighted by atomic mass is 10.0. The predicted molar refractivity (Wildman–Crippen MR) is 78.9 cm³/mol. The van der Waals surface area contributed by atoms with Gasteiger partial charge in [-0.1, -0.05) is 37.3 Å². The van der Waals surface area contributed by atoms with Gasteiger partial charge in [0, 0.05) is 5.92 Å². The second-order valence-corrected chi connectivity index (χ2v) is 6.17. The maximum absolute atomic E-state index is 6.14. The van der Waals surface area contributed by atoms with Gasteiger partial charge in [0.1, 0.15) is 12.6 Å². The van der Waals surface area contributed by atoms with E-state index in [1.54, 1.807) is 4.90 Å². The number of benzene rings is 1. The quantitative estimate of drug-likeness (QED) is 0.903. The van der Waals surface area contributed by atoms with E-state index in [1.165, 1.54) is 37.9 Å². The van der Waals surface area contributed by atoms with Gasteiger partial charge in [-0.3, -0.25) is 0 Å². The Labute approximate surface area is 121 Å². The van der Waals surface area contributed by atoms with E-state index in [4.69, 9.17) is 9.47 Å². The lowest BCUT2D eigenvalue weighted by Gasteiger charge is -2.25. The van der Waals surface area contributed by atoms with Crippen LogP contribution >= 0.6 is 0 Å².